The van der Waals surface area contributed by atoms with Gasteiger partial charge in [-0.15, -0.1) is 5.06 Å². The molecule has 0 aliphatic carbocycles. The molecule has 0 aromatic carbocycles. The lowest BCUT2D eigenvalue weighted by Crippen LogP contribution is -2.60. The molecule has 1 rings (SSSR count). The van der Waals surface area contributed by atoms with Crippen molar-refractivity contribution >= 4 is 11.9 Å². The molecular weight excluding hydrogens is 318 g/mol. The van der Waals surface area contributed by atoms with Crippen LogP contribution in [0.3, 0.4) is 0 Å². The van der Waals surface area contributed by atoms with Crippen LogP contribution >= 0.6 is 0 Å². The average molecular weight is 356 g/mol. The number of hydrogen-bond donors (Lipinski definition) is 1. The summed E-state index contributed by atoms with van der Waals surface area (Å²) in [4.78, 5) is 28.3. The smallest absolute Gasteiger partial charge is 0.325 e. The standard InChI is InChI=1S/C20H37NO4/c1-16-14-15-21(20(4,5)19(16,2)3)25-18(24)13-11-9-7-6-8-10-12-17(22)23/h16H,6-15H2,1-5H3,(H,22,23). The van der Waals surface area contributed by atoms with Crippen LogP contribution in [0, 0.1) is 11.3 Å². The van der Waals surface area contributed by atoms with E-state index in [1.165, 1.54) is 0 Å². The van der Waals surface area contributed by atoms with Crippen LogP contribution in [-0.2, 0) is 14.4 Å². The van der Waals surface area contributed by atoms with Crippen molar-refractivity contribution in [2.75, 3.05) is 6.54 Å². The molecule has 146 valence electrons. The maximum absolute atomic E-state index is 12.2. The van der Waals surface area contributed by atoms with Gasteiger partial charge in [0.2, 0.25) is 0 Å². The Bertz CT molecular complexity index is 445. The Morgan fingerprint density at radius 2 is 1.52 bits per heavy atom. The number of carbonyl (C=O) groups is 2. The highest BCUT2D eigenvalue weighted by Gasteiger charge is 2.50. The molecule has 1 unspecified atom stereocenters. The molecule has 1 atom stereocenters. The van der Waals surface area contributed by atoms with Crippen LogP contribution in [0.4, 0.5) is 0 Å². The minimum absolute atomic E-state index is 0.0848. The lowest BCUT2D eigenvalue weighted by molar-refractivity contribution is -0.256. The van der Waals surface area contributed by atoms with Crippen LogP contribution in [0.5, 0.6) is 0 Å². The summed E-state index contributed by atoms with van der Waals surface area (Å²) in [5.74, 6) is -0.260. The van der Waals surface area contributed by atoms with E-state index in [-0.39, 0.29) is 23.3 Å². The quantitative estimate of drug-likeness (QED) is 0.570. The predicted molar refractivity (Wildman–Crippen MR) is 99.0 cm³/mol. The molecule has 5 heteroatoms. The SMILES string of the molecule is CC1CCN(OC(=O)CCCCCCCCC(=O)O)C(C)(C)C1(C)C. The highest BCUT2D eigenvalue weighted by Crippen LogP contribution is 2.47. The second-order valence-electron chi connectivity index (χ2n) is 8.55. The van der Waals surface area contributed by atoms with Crippen molar-refractivity contribution in [3.63, 3.8) is 0 Å². The highest BCUT2D eigenvalue weighted by atomic mass is 16.7. The van der Waals surface area contributed by atoms with Crippen molar-refractivity contribution in [3.8, 4) is 0 Å². The number of nitrogens with zero attached hydrogens (tertiary/aromatic N) is 1. The first-order chi connectivity index (χ1) is 11.6. The van der Waals surface area contributed by atoms with E-state index >= 15 is 0 Å². The van der Waals surface area contributed by atoms with Gasteiger partial charge in [-0.2, -0.15) is 0 Å². The third-order valence-electron chi connectivity index (χ3n) is 6.43. The van der Waals surface area contributed by atoms with Gasteiger partial charge in [0, 0.05) is 19.4 Å². The van der Waals surface area contributed by atoms with Crippen LogP contribution in [0.1, 0.15) is 92.4 Å². The van der Waals surface area contributed by atoms with Crippen molar-refractivity contribution in [2.24, 2.45) is 11.3 Å². The van der Waals surface area contributed by atoms with E-state index in [1.807, 2.05) is 5.06 Å². The largest absolute Gasteiger partial charge is 0.481 e. The number of carboxylic acid groups (broad SMARTS) is 1. The first-order valence-electron chi connectivity index (χ1n) is 9.79. The van der Waals surface area contributed by atoms with Gasteiger partial charge in [0.05, 0.1) is 5.54 Å². The Kier molecular flexibility index (Phi) is 8.39. The lowest BCUT2D eigenvalue weighted by atomic mass is 9.63. The van der Waals surface area contributed by atoms with Gasteiger partial charge in [-0.05, 0) is 44.4 Å². The van der Waals surface area contributed by atoms with Crippen molar-refractivity contribution in [1.82, 2.24) is 5.06 Å². The molecule has 0 aromatic rings. The first-order valence-corrected chi connectivity index (χ1v) is 9.79. The summed E-state index contributed by atoms with van der Waals surface area (Å²) in [5.41, 5.74) is -0.0913. The van der Waals surface area contributed by atoms with E-state index in [9.17, 15) is 9.59 Å². The molecule has 5 nitrogen and oxygen atoms in total. The summed E-state index contributed by atoms with van der Waals surface area (Å²) in [5, 5.41) is 10.5. The molecule has 25 heavy (non-hydrogen) atoms. The van der Waals surface area contributed by atoms with Crippen molar-refractivity contribution in [2.45, 2.75) is 97.9 Å². The zero-order valence-corrected chi connectivity index (χ0v) is 16.8. The average Bonchev–Trinajstić information content (AvgIpc) is 2.51. The van der Waals surface area contributed by atoms with E-state index < -0.39 is 5.97 Å². The van der Waals surface area contributed by atoms with Crippen LogP contribution < -0.4 is 0 Å². The minimum Gasteiger partial charge on any atom is -0.481 e. The van der Waals surface area contributed by atoms with Crippen LogP contribution in [-0.4, -0.2) is 34.2 Å². The van der Waals surface area contributed by atoms with Gasteiger partial charge in [-0.1, -0.05) is 46.5 Å². The Hall–Kier alpha value is -1.10. The monoisotopic (exact) mass is 355 g/mol. The fourth-order valence-corrected chi connectivity index (χ4v) is 3.46. The topological polar surface area (TPSA) is 66.8 Å². The molecule has 0 radical (unpaired) electrons. The molecule has 1 heterocycles. The molecule has 0 spiro atoms. The second kappa shape index (κ2) is 9.56. The van der Waals surface area contributed by atoms with Gasteiger partial charge in [0.15, 0.2) is 0 Å². The number of hydroxylamine groups is 2. The Morgan fingerprint density at radius 3 is 2.08 bits per heavy atom. The van der Waals surface area contributed by atoms with E-state index in [4.69, 9.17) is 9.94 Å². The molecule has 1 fully saturated rings. The lowest BCUT2D eigenvalue weighted by Gasteiger charge is -2.54. The summed E-state index contributed by atoms with van der Waals surface area (Å²) < 4.78 is 0. The number of carboxylic acids is 1. The summed E-state index contributed by atoms with van der Waals surface area (Å²) in [6.45, 7) is 11.9. The molecule has 0 saturated carbocycles. The van der Waals surface area contributed by atoms with Crippen molar-refractivity contribution in [3.05, 3.63) is 0 Å². The zero-order valence-electron chi connectivity index (χ0n) is 16.8. The maximum atomic E-state index is 12.2. The molecule has 0 bridgehead atoms. The normalized spacial score (nSPS) is 22.5. The molecular formula is C20H37NO4. The van der Waals surface area contributed by atoms with Gasteiger partial charge in [0.25, 0.3) is 0 Å². The van der Waals surface area contributed by atoms with Crippen LogP contribution in [0.25, 0.3) is 0 Å². The Morgan fingerprint density at radius 1 is 1.00 bits per heavy atom. The van der Waals surface area contributed by atoms with E-state index in [0.29, 0.717) is 12.3 Å². The number of rotatable bonds is 10. The van der Waals surface area contributed by atoms with Gasteiger partial charge in [-0.3, -0.25) is 9.59 Å². The van der Waals surface area contributed by atoms with Crippen molar-refractivity contribution < 1.29 is 19.5 Å². The van der Waals surface area contributed by atoms with Crippen LogP contribution in [0.2, 0.25) is 0 Å². The molecule has 1 aliphatic rings. The van der Waals surface area contributed by atoms with Crippen molar-refractivity contribution in [1.29, 1.82) is 0 Å². The molecule has 1 aliphatic heterocycles. The van der Waals surface area contributed by atoms with Gasteiger partial charge in [-0.25, -0.2) is 0 Å². The summed E-state index contributed by atoms with van der Waals surface area (Å²) in [6, 6.07) is 0. The Labute approximate surface area is 153 Å². The molecule has 0 amide bonds. The minimum atomic E-state index is -0.721. The molecule has 0 aromatic heterocycles. The number of aliphatic carboxylic acids is 1. The first kappa shape index (κ1) is 21.9. The summed E-state index contributed by atoms with van der Waals surface area (Å²) in [6.07, 6.45) is 7.37. The summed E-state index contributed by atoms with van der Waals surface area (Å²) in [7, 11) is 0. The fraction of sp³-hybridized carbons (Fsp3) is 0.900. The number of hydrogen-bond acceptors (Lipinski definition) is 4. The van der Waals surface area contributed by atoms with Gasteiger partial charge in [0.1, 0.15) is 0 Å². The second-order valence-corrected chi connectivity index (χ2v) is 8.55. The summed E-state index contributed by atoms with van der Waals surface area (Å²) >= 11 is 0. The number of unbranched alkanes of at least 4 members (excludes halogenated alkanes) is 5. The molecule has 1 saturated heterocycles. The Balaban J connectivity index is 2.23. The zero-order chi connectivity index (χ0) is 19.1. The molecule has 1 N–H and O–H groups in total. The van der Waals surface area contributed by atoms with E-state index in [1.54, 1.807) is 0 Å². The van der Waals surface area contributed by atoms with E-state index in [0.717, 1.165) is 51.5 Å². The van der Waals surface area contributed by atoms with E-state index in [2.05, 4.69) is 34.6 Å². The van der Waals surface area contributed by atoms with Gasteiger partial charge >= 0.3 is 11.9 Å². The number of carbonyl (C=O) groups excluding carboxylic acids is 1. The highest BCUT2D eigenvalue weighted by molar-refractivity contribution is 5.69. The number of piperidine rings is 1. The van der Waals surface area contributed by atoms with Crippen LogP contribution in [0.15, 0.2) is 0 Å². The third kappa shape index (κ3) is 6.28. The fourth-order valence-electron chi connectivity index (χ4n) is 3.46. The van der Waals surface area contributed by atoms with Gasteiger partial charge < -0.3 is 9.94 Å². The predicted octanol–water partition coefficient (Wildman–Crippen LogP) is 4.80. The maximum Gasteiger partial charge on any atom is 0.325 e. The third-order valence-corrected chi connectivity index (χ3v) is 6.43.